The Morgan fingerprint density at radius 3 is 2.78 bits per heavy atom. The van der Waals surface area contributed by atoms with Crippen LogP contribution in [0.25, 0.3) is 11.0 Å². The third kappa shape index (κ3) is 2.52. The first-order valence-electron chi connectivity index (χ1n) is 7.51. The minimum atomic E-state index is -0.409. The molecule has 6 nitrogen and oxygen atoms in total. The van der Waals surface area contributed by atoms with Crippen molar-refractivity contribution >= 4 is 16.7 Å². The minimum absolute atomic E-state index is 0.0634. The predicted molar refractivity (Wildman–Crippen MR) is 85.9 cm³/mol. The lowest BCUT2D eigenvalue weighted by molar-refractivity contribution is -0.384. The van der Waals surface area contributed by atoms with E-state index in [1.54, 1.807) is 13.0 Å². The molecule has 4 rings (SSSR count). The Morgan fingerprint density at radius 2 is 2.09 bits per heavy atom. The molecule has 1 aliphatic carbocycles. The van der Waals surface area contributed by atoms with E-state index in [4.69, 9.17) is 4.74 Å². The van der Waals surface area contributed by atoms with E-state index < -0.39 is 4.92 Å². The maximum absolute atomic E-state index is 10.8. The zero-order valence-electron chi connectivity index (χ0n) is 12.6. The second kappa shape index (κ2) is 5.08. The highest BCUT2D eigenvalue weighted by atomic mass is 16.6. The Labute approximate surface area is 132 Å². The molecule has 0 bridgehead atoms. The molecule has 0 saturated heterocycles. The number of benzene rings is 2. The quantitative estimate of drug-likeness (QED) is 0.529. The maximum Gasteiger partial charge on any atom is 0.269 e. The smallest absolute Gasteiger partial charge is 0.269 e. The zero-order chi connectivity index (χ0) is 16.0. The van der Waals surface area contributed by atoms with Crippen LogP contribution in [0, 0.1) is 17.0 Å². The van der Waals surface area contributed by atoms with Gasteiger partial charge in [-0.1, -0.05) is 0 Å². The number of rotatable bonds is 4. The third-order valence-corrected chi connectivity index (χ3v) is 4.08. The van der Waals surface area contributed by atoms with Gasteiger partial charge in [-0.25, -0.2) is 4.98 Å². The van der Waals surface area contributed by atoms with Crippen molar-refractivity contribution in [3.8, 4) is 11.5 Å². The van der Waals surface area contributed by atoms with Gasteiger partial charge in [-0.05, 0) is 43.5 Å². The molecule has 116 valence electrons. The number of hydrogen-bond acceptors (Lipinski definition) is 4. The van der Waals surface area contributed by atoms with Crippen molar-refractivity contribution in [1.29, 1.82) is 0 Å². The van der Waals surface area contributed by atoms with Crippen molar-refractivity contribution in [3.63, 3.8) is 0 Å². The second-order valence-electron chi connectivity index (χ2n) is 5.84. The third-order valence-electron chi connectivity index (χ3n) is 4.08. The number of fused-ring (bicyclic) bond motifs is 1. The van der Waals surface area contributed by atoms with Crippen molar-refractivity contribution in [2.45, 2.75) is 25.8 Å². The lowest BCUT2D eigenvalue weighted by Gasteiger charge is -2.09. The maximum atomic E-state index is 10.8. The monoisotopic (exact) mass is 309 g/mol. The molecule has 0 amide bonds. The Kier molecular flexibility index (Phi) is 3.04. The molecule has 1 aromatic heterocycles. The van der Waals surface area contributed by atoms with Gasteiger partial charge in [0.25, 0.3) is 5.69 Å². The molecular weight excluding hydrogens is 294 g/mol. The molecule has 1 aliphatic rings. The van der Waals surface area contributed by atoms with Crippen LogP contribution in [0.5, 0.6) is 11.5 Å². The lowest BCUT2D eigenvalue weighted by Crippen LogP contribution is -1.92. The van der Waals surface area contributed by atoms with Gasteiger partial charge < -0.3 is 9.30 Å². The molecule has 0 radical (unpaired) electrons. The van der Waals surface area contributed by atoms with Crippen LogP contribution < -0.4 is 4.74 Å². The van der Waals surface area contributed by atoms with Gasteiger partial charge in [-0.2, -0.15) is 0 Å². The molecule has 0 aliphatic heterocycles. The van der Waals surface area contributed by atoms with E-state index in [1.807, 2.05) is 24.5 Å². The summed E-state index contributed by atoms with van der Waals surface area (Å²) in [5, 5.41) is 10.8. The van der Waals surface area contributed by atoms with Gasteiger partial charge >= 0.3 is 0 Å². The van der Waals surface area contributed by atoms with Crippen molar-refractivity contribution < 1.29 is 9.66 Å². The van der Waals surface area contributed by atoms with Gasteiger partial charge in [0.1, 0.15) is 11.5 Å². The molecule has 2 aromatic carbocycles. The molecule has 3 aromatic rings. The van der Waals surface area contributed by atoms with Gasteiger partial charge in [0.2, 0.25) is 0 Å². The summed E-state index contributed by atoms with van der Waals surface area (Å²) in [6.07, 6.45) is 4.31. The first-order valence-corrected chi connectivity index (χ1v) is 7.51. The van der Waals surface area contributed by atoms with Gasteiger partial charge in [0, 0.05) is 24.2 Å². The number of nitro benzene ring substituents is 1. The van der Waals surface area contributed by atoms with E-state index in [0.717, 1.165) is 16.6 Å². The summed E-state index contributed by atoms with van der Waals surface area (Å²) in [5.74, 6) is 1.28. The molecule has 23 heavy (non-hydrogen) atoms. The fourth-order valence-electron chi connectivity index (χ4n) is 2.71. The summed E-state index contributed by atoms with van der Waals surface area (Å²) in [6, 6.07) is 11.0. The predicted octanol–water partition coefficient (Wildman–Crippen LogP) is 4.38. The lowest BCUT2D eigenvalue weighted by atomic mass is 10.2. The number of non-ortho nitro benzene ring substituents is 1. The summed E-state index contributed by atoms with van der Waals surface area (Å²) in [7, 11) is 0. The molecule has 6 heteroatoms. The van der Waals surface area contributed by atoms with Crippen LogP contribution in [-0.4, -0.2) is 14.5 Å². The molecular formula is C17H15N3O3. The average molecular weight is 309 g/mol. The van der Waals surface area contributed by atoms with Gasteiger partial charge in [0.05, 0.1) is 22.3 Å². The number of aromatic nitrogens is 2. The summed E-state index contributed by atoms with van der Waals surface area (Å²) in [5.41, 5.74) is 2.80. The van der Waals surface area contributed by atoms with E-state index in [1.165, 1.54) is 25.0 Å². The molecule has 0 spiro atoms. The first kappa shape index (κ1) is 13.8. The molecule has 0 atom stereocenters. The summed E-state index contributed by atoms with van der Waals surface area (Å²) < 4.78 is 8.07. The Hall–Kier alpha value is -2.89. The van der Waals surface area contributed by atoms with E-state index >= 15 is 0 Å². The number of imidazole rings is 1. The SMILES string of the molecule is Cc1cc([N+](=O)[O-])ccc1Oc1ccc2c(c1)ncn2C1CC1. The summed E-state index contributed by atoms with van der Waals surface area (Å²) >= 11 is 0. The summed E-state index contributed by atoms with van der Waals surface area (Å²) in [6.45, 7) is 1.79. The molecule has 0 unspecified atom stereocenters. The fourth-order valence-corrected chi connectivity index (χ4v) is 2.71. The highest BCUT2D eigenvalue weighted by molar-refractivity contribution is 5.77. The van der Waals surface area contributed by atoms with Crippen molar-refractivity contribution in [1.82, 2.24) is 9.55 Å². The molecule has 0 N–H and O–H groups in total. The number of hydrogen-bond donors (Lipinski definition) is 0. The molecule has 1 heterocycles. The number of ether oxygens (including phenoxy) is 1. The average Bonchev–Trinajstić information content (AvgIpc) is 3.29. The van der Waals surface area contributed by atoms with Crippen LogP contribution in [-0.2, 0) is 0 Å². The largest absolute Gasteiger partial charge is 0.457 e. The van der Waals surface area contributed by atoms with Crippen molar-refractivity contribution in [2.24, 2.45) is 0 Å². The van der Waals surface area contributed by atoms with Gasteiger partial charge in [0.15, 0.2) is 0 Å². The van der Waals surface area contributed by atoms with Crippen LogP contribution >= 0.6 is 0 Å². The van der Waals surface area contributed by atoms with Crippen molar-refractivity contribution in [3.05, 3.63) is 58.4 Å². The first-order chi connectivity index (χ1) is 11.1. The van der Waals surface area contributed by atoms with Crippen LogP contribution in [0.3, 0.4) is 0 Å². The molecule has 1 fully saturated rings. The highest BCUT2D eigenvalue weighted by Gasteiger charge is 2.24. The fraction of sp³-hybridized carbons (Fsp3) is 0.235. The normalized spacial score (nSPS) is 14.1. The highest BCUT2D eigenvalue weighted by Crippen LogP contribution is 2.38. The van der Waals surface area contributed by atoms with Gasteiger partial charge in [-0.3, -0.25) is 10.1 Å². The van der Waals surface area contributed by atoms with E-state index in [0.29, 0.717) is 17.5 Å². The number of aryl methyl sites for hydroxylation is 1. The molecule has 1 saturated carbocycles. The Morgan fingerprint density at radius 1 is 1.26 bits per heavy atom. The van der Waals surface area contributed by atoms with Crippen LogP contribution in [0.2, 0.25) is 0 Å². The van der Waals surface area contributed by atoms with E-state index in [-0.39, 0.29) is 5.69 Å². The second-order valence-corrected chi connectivity index (χ2v) is 5.84. The van der Waals surface area contributed by atoms with Crippen LogP contribution in [0.15, 0.2) is 42.7 Å². The minimum Gasteiger partial charge on any atom is -0.457 e. The number of nitrogens with zero attached hydrogens (tertiary/aromatic N) is 3. The summed E-state index contributed by atoms with van der Waals surface area (Å²) in [4.78, 5) is 14.8. The van der Waals surface area contributed by atoms with Crippen LogP contribution in [0.1, 0.15) is 24.4 Å². The topological polar surface area (TPSA) is 70.2 Å². The standard InChI is InChI=1S/C17H15N3O3/c1-11-8-13(20(21)22)4-7-17(11)23-14-5-6-16-15(9-14)18-10-19(16)12-2-3-12/h4-10,12H,2-3H2,1H3. The Bertz CT molecular complexity index is 913. The van der Waals surface area contributed by atoms with Crippen molar-refractivity contribution in [2.75, 3.05) is 0 Å². The van der Waals surface area contributed by atoms with Gasteiger partial charge in [-0.15, -0.1) is 0 Å². The Balaban J connectivity index is 1.63. The number of nitro groups is 1. The van der Waals surface area contributed by atoms with E-state index in [9.17, 15) is 10.1 Å². The van der Waals surface area contributed by atoms with Crippen LogP contribution in [0.4, 0.5) is 5.69 Å². The van der Waals surface area contributed by atoms with E-state index in [2.05, 4.69) is 9.55 Å². The zero-order valence-corrected chi connectivity index (χ0v) is 12.6.